The number of nitrogens with zero attached hydrogens (tertiary/aromatic N) is 2. The van der Waals surface area contributed by atoms with Crippen molar-refractivity contribution in [1.29, 1.82) is 0 Å². The summed E-state index contributed by atoms with van der Waals surface area (Å²) in [5.41, 5.74) is 4.19. The lowest BCUT2D eigenvalue weighted by Crippen LogP contribution is -2.13. The second-order valence-corrected chi connectivity index (χ2v) is 5.61. The molecule has 0 saturated heterocycles. The number of para-hydroxylation sites is 2. The summed E-state index contributed by atoms with van der Waals surface area (Å²) >= 11 is 0. The van der Waals surface area contributed by atoms with Crippen molar-refractivity contribution in [1.82, 2.24) is 0 Å². The van der Waals surface area contributed by atoms with Crippen molar-refractivity contribution in [3.8, 4) is 5.75 Å². The number of hydrogen-bond donors (Lipinski definition) is 0. The second kappa shape index (κ2) is 8.15. The highest BCUT2D eigenvalue weighted by Crippen LogP contribution is 2.26. The highest BCUT2D eigenvalue weighted by atomic mass is 16.5. The number of anilines is 2. The van der Waals surface area contributed by atoms with Crippen LogP contribution in [0.25, 0.3) is 0 Å². The number of methoxy groups -OCH3 is 1. The molecule has 0 atom stereocenters. The molecule has 0 N–H and O–H groups in total. The highest BCUT2D eigenvalue weighted by molar-refractivity contribution is 6.01. The van der Waals surface area contributed by atoms with Gasteiger partial charge in [-0.25, -0.2) is 5.01 Å². The van der Waals surface area contributed by atoms with Crippen LogP contribution in [0.4, 0.5) is 11.4 Å². The van der Waals surface area contributed by atoms with Crippen LogP contribution in [0, 0.1) is 0 Å². The van der Waals surface area contributed by atoms with E-state index in [-0.39, 0.29) is 0 Å². The van der Waals surface area contributed by atoms with Gasteiger partial charge in [0.25, 0.3) is 0 Å². The Kier molecular flexibility index (Phi) is 5.47. The van der Waals surface area contributed by atoms with Gasteiger partial charge in [0.2, 0.25) is 0 Å². The van der Waals surface area contributed by atoms with Gasteiger partial charge < -0.3 is 4.74 Å². The van der Waals surface area contributed by atoms with Gasteiger partial charge >= 0.3 is 0 Å². The molecule has 0 saturated carbocycles. The quantitative estimate of drug-likeness (QED) is 0.431. The zero-order valence-electron chi connectivity index (χ0n) is 14.6. The summed E-state index contributed by atoms with van der Waals surface area (Å²) in [6.07, 6.45) is 0.836. The summed E-state index contributed by atoms with van der Waals surface area (Å²) in [6, 6.07) is 28.4. The summed E-state index contributed by atoms with van der Waals surface area (Å²) < 4.78 is 5.25. The number of rotatable bonds is 6. The van der Waals surface area contributed by atoms with Gasteiger partial charge in [-0.1, -0.05) is 43.3 Å². The van der Waals surface area contributed by atoms with Gasteiger partial charge in [0.1, 0.15) is 5.75 Å². The van der Waals surface area contributed by atoms with Gasteiger partial charge in [-0.3, -0.25) is 0 Å². The molecule has 0 aliphatic rings. The normalized spacial score (nSPS) is 11.2. The van der Waals surface area contributed by atoms with E-state index in [1.54, 1.807) is 7.11 Å². The average molecular weight is 330 g/mol. The Morgan fingerprint density at radius 3 is 1.76 bits per heavy atom. The first-order valence-electron chi connectivity index (χ1n) is 8.44. The predicted molar refractivity (Wildman–Crippen MR) is 105 cm³/mol. The van der Waals surface area contributed by atoms with E-state index < -0.39 is 0 Å². The molecular formula is C22H22N2O. The first-order chi connectivity index (χ1) is 12.3. The van der Waals surface area contributed by atoms with E-state index in [0.717, 1.165) is 34.8 Å². The molecule has 0 amide bonds. The largest absolute Gasteiger partial charge is 0.497 e. The Labute approximate surface area is 149 Å². The number of hydrogen-bond acceptors (Lipinski definition) is 3. The molecule has 3 heteroatoms. The van der Waals surface area contributed by atoms with Crippen LogP contribution in [0.15, 0.2) is 90.0 Å². The van der Waals surface area contributed by atoms with Crippen LogP contribution >= 0.6 is 0 Å². The molecule has 0 aromatic heterocycles. The number of hydrazone groups is 1. The van der Waals surface area contributed by atoms with E-state index >= 15 is 0 Å². The summed E-state index contributed by atoms with van der Waals surface area (Å²) in [5.74, 6) is 0.849. The molecule has 0 aliphatic carbocycles. The predicted octanol–water partition coefficient (Wildman–Crippen LogP) is 5.65. The standard InChI is InChI=1S/C22H22N2O/c1-3-22(18-14-16-21(25-2)17-15-18)23-24(19-10-6-4-7-11-19)20-12-8-5-9-13-20/h4-17H,3H2,1-2H3. The maximum atomic E-state index is 5.25. The molecule has 0 heterocycles. The molecule has 0 aliphatic heterocycles. The van der Waals surface area contributed by atoms with Crippen molar-refractivity contribution in [2.75, 3.05) is 12.1 Å². The Hall–Kier alpha value is -3.07. The van der Waals surface area contributed by atoms with Gasteiger partial charge in [-0.15, -0.1) is 0 Å². The Bertz CT molecular complexity index is 772. The first-order valence-corrected chi connectivity index (χ1v) is 8.44. The highest BCUT2D eigenvalue weighted by Gasteiger charge is 2.10. The maximum Gasteiger partial charge on any atom is 0.118 e. The van der Waals surface area contributed by atoms with E-state index in [4.69, 9.17) is 9.84 Å². The molecule has 0 spiro atoms. The third-order valence-corrected chi connectivity index (χ3v) is 3.98. The van der Waals surface area contributed by atoms with Crippen molar-refractivity contribution in [2.24, 2.45) is 5.10 Å². The van der Waals surface area contributed by atoms with Crippen LogP contribution in [0.3, 0.4) is 0 Å². The number of benzene rings is 3. The molecule has 0 unspecified atom stereocenters. The van der Waals surface area contributed by atoms with E-state index in [9.17, 15) is 0 Å². The van der Waals surface area contributed by atoms with Crippen molar-refractivity contribution in [2.45, 2.75) is 13.3 Å². The molecule has 3 aromatic carbocycles. The zero-order chi connectivity index (χ0) is 17.5. The van der Waals surface area contributed by atoms with Crippen molar-refractivity contribution < 1.29 is 4.74 Å². The van der Waals surface area contributed by atoms with Gasteiger partial charge in [-0.05, 0) is 60.5 Å². The fourth-order valence-corrected chi connectivity index (χ4v) is 2.64. The molecule has 25 heavy (non-hydrogen) atoms. The molecule has 0 bridgehead atoms. The van der Waals surface area contributed by atoms with Crippen LogP contribution in [0.1, 0.15) is 18.9 Å². The molecule has 0 fully saturated rings. The first kappa shape index (κ1) is 16.8. The number of ether oxygens (including phenoxy) is 1. The topological polar surface area (TPSA) is 24.8 Å². The smallest absolute Gasteiger partial charge is 0.118 e. The molecule has 0 radical (unpaired) electrons. The van der Waals surface area contributed by atoms with Gasteiger partial charge in [0.15, 0.2) is 0 Å². The van der Waals surface area contributed by atoms with Crippen LogP contribution in [0.5, 0.6) is 5.75 Å². The van der Waals surface area contributed by atoms with Crippen molar-refractivity contribution in [3.05, 3.63) is 90.5 Å². The third-order valence-electron chi connectivity index (χ3n) is 3.98. The second-order valence-electron chi connectivity index (χ2n) is 5.61. The van der Waals surface area contributed by atoms with E-state index in [1.807, 2.05) is 53.5 Å². The maximum absolute atomic E-state index is 5.25. The van der Waals surface area contributed by atoms with Gasteiger partial charge in [0.05, 0.1) is 24.2 Å². The van der Waals surface area contributed by atoms with Crippen LogP contribution < -0.4 is 9.75 Å². The summed E-state index contributed by atoms with van der Waals surface area (Å²) in [4.78, 5) is 0. The average Bonchev–Trinajstić information content (AvgIpc) is 2.70. The molecular weight excluding hydrogens is 308 g/mol. The SMILES string of the molecule is CCC(=NN(c1ccccc1)c1ccccc1)c1ccc(OC)cc1. The molecule has 3 rings (SSSR count). The summed E-state index contributed by atoms with van der Waals surface area (Å²) in [5, 5.41) is 6.96. The third kappa shape index (κ3) is 4.07. The van der Waals surface area contributed by atoms with Gasteiger partial charge in [-0.2, -0.15) is 5.10 Å². The lowest BCUT2D eigenvalue weighted by molar-refractivity contribution is 0.415. The fraction of sp³-hybridized carbons (Fsp3) is 0.136. The Balaban J connectivity index is 2.03. The lowest BCUT2D eigenvalue weighted by Gasteiger charge is -2.21. The summed E-state index contributed by atoms with van der Waals surface area (Å²) in [6.45, 7) is 2.12. The zero-order valence-corrected chi connectivity index (χ0v) is 14.6. The minimum Gasteiger partial charge on any atom is -0.497 e. The van der Waals surface area contributed by atoms with Crippen molar-refractivity contribution >= 4 is 17.1 Å². The van der Waals surface area contributed by atoms with E-state index in [1.165, 1.54) is 0 Å². The summed E-state index contributed by atoms with van der Waals surface area (Å²) in [7, 11) is 1.68. The van der Waals surface area contributed by atoms with Crippen LogP contribution in [-0.2, 0) is 0 Å². The lowest BCUT2D eigenvalue weighted by atomic mass is 10.1. The Morgan fingerprint density at radius 1 is 0.800 bits per heavy atom. The van der Waals surface area contributed by atoms with Crippen LogP contribution in [0.2, 0.25) is 0 Å². The molecule has 3 aromatic rings. The minimum atomic E-state index is 0.836. The monoisotopic (exact) mass is 330 g/mol. The van der Waals surface area contributed by atoms with Crippen molar-refractivity contribution in [3.63, 3.8) is 0 Å². The molecule has 3 nitrogen and oxygen atoms in total. The fourth-order valence-electron chi connectivity index (χ4n) is 2.64. The van der Waals surface area contributed by atoms with Gasteiger partial charge in [0, 0.05) is 0 Å². The van der Waals surface area contributed by atoms with E-state index in [0.29, 0.717) is 0 Å². The van der Waals surface area contributed by atoms with Crippen LogP contribution in [-0.4, -0.2) is 12.8 Å². The Morgan fingerprint density at radius 2 is 1.32 bits per heavy atom. The molecule has 126 valence electrons. The minimum absolute atomic E-state index is 0.836. The van der Waals surface area contributed by atoms with E-state index in [2.05, 4.69) is 43.3 Å².